The zero-order valence-electron chi connectivity index (χ0n) is 25.0. The molecule has 46 heavy (non-hydrogen) atoms. The van der Waals surface area contributed by atoms with Crippen LogP contribution in [-0.2, 0) is 0 Å². The van der Waals surface area contributed by atoms with Gasteiger partial charge in [-0.25, -0.2) is 0 Å². The van der Waals surface area contributed by atoms with Crippen LogP contribution in [0.1, 0.15) is 0 Å². The molecule has 0 fully saturated rings. The Hall–Kier alpha value is -5.77. The summed E-state index contributed by atoms with van der Waals surface area (Å²) in [4.78, 5) is 7.24. The third-order valence-electron chi connectivity index (χ3n) is 8.95. The molecule has 0 amide bonds. The summed E-state index contributed by atoms with van der Waals surface area (Å²) in [5.74, 6) is 0. The van der Waals surface area contributed by atoms with Gasteiger partial charge in [0.2, 0.25) is 0 Å². The molecule has 0 aliphatic rings. The molecule has 0 radical (unpaired) electrons. The van der Waals surface area contributed by atoms with E-state index in [2.05, 4.69) is 163 Å². The second-order valence-electron chi connectivity index (χ2n) is 11.6. The number of nitrogens with zero attached hydrogens (tertiary/aromatic N) is 2. The quantitative estimate of drug-likeness (QED) is 0.194. The average molecular weight is 605 g/mol. The van der Waals surface area contributed by atoms with Crippen molar-refractivity contribution in [2.75, 3.05) is 4.90 Å². The van der Waals surface area contributed by atoms with Gasteiger partial charge in [-0.2, -0.15) is 0 Å². The highest BCUT2D eigenvalue weighted by Crippen LogP contribution is 2.48. The topological polar surface area (TPSA) is 16.1 Å². The molecule has 0 atom stereocenters. The van der Waals surface area contributed by atoms with Crippen LogP contribution in [0.2, 0.25) is 0 Å². The predicted octanol–water partition coefficient (Wildman–Crippen LogP) is 12.6. The highest BCUT2D eigenvalue weighted by molar-refractivity contribution is 7.26. The minimum absolute atomic E-state index is 1.07. The third-order valence-corrected chi connectivity index (χ3v) is 10.1. The zero-order chi connectivity index (χ0) is 30.5. The van der Waals surface area contributed by atoms with Crippen molar-refractivity contribution in [2.24, 2.45) is 0 Å². The summed E-state index contributed by atoms with van der Waals surface area (Å²) in [6, 6.07) is 56.7. The second kappa shape index (κ2) is 11.0. The molecule has 2 nitrogen and oxygen atoms in total. The van der Waals surface area contributed by atoms with Gasteiger partial charge in [-0.05, 0) is 56.6 Å². The summed E-state index contributed by atoms with van der Waals surface area (Å²) in [6.07, 6.45) is 4.06. The minimum atomic E-state index is 1.07. The minimum Gasteiger partial charge on any atom is -0.308 e. The maximum absolute atomic E-state index is 4.84. The van der Waals surface area contributed by atoms with Crippen molar-refractivity contribution < 1.29 is 0 Å². The number of rotatable bonds is 5. The molecule has 7 aromatic carbocycles. The third kappa shape index (κ3) is 4.36. The molecule has 0 spiro atoms. The van der Waals surface area contributed by atoms with E-state index in [1.54, 1.807) is 0 Å². The van der Waals surface area contributed by atoms with Crippen LogP contribution >= 0.6 is 11.3 Å². The Labute approximate surface area is 271 Å². The van der Waals surface area contributed by atoms with Gasteiger partial charge in [0.25, 0.3) is 0 Å². The van der Waals surface area contributed by atoms with Gasteiger partial charge in [-0.1, -0.05) is 140 Å². The molecule has 0 N–H and O–H groups in total. The number of anilines is 3. The van der Waals surface area contributed by atoms with Crippen molar-refractivity contribution in [3.05, 3.63) is 170 Å². The van der Waals surface area contributed by atoms with E-state index in [0.717, 1.165) is 17.1 Å². The highest BCUT2D eigenvalue weighted by Gasteiger charge is 2.22. The van der Waals surface area contributed by atoms with E-state index < -0.39 is 0 Å². The molecule has 0 saturated heterocycles. The first-order valence-electron chi connectivity index (χ1n) is 15.5. The maximum atomic E-state index is 4.84. The maximum Gasteiger partial charge on any atom is 0.0738 e. The van der Waals surface area contributed by atoms with Crippen LogP contribution in [0.3, 0.4) is 0 Å². The van der Waals surface area contributed by atoms with Gasteiger partial charge < -0.3 is 4.90 Å². The Morgan fingerprint density at radius 3 is 1.87 bits per heavy atom. The normalized spacial score (nSPS) is 11.5. The number of thiophene rings is 1. The van der Waals surface area contributed by atoms with Crippen LogP contribution in [0.15, 0.2) is 170 Å². The Bertz CT molecular complexity index is 2520. The lowest BCUT2D eigenvalue weighted by Crippen LogP contribution is -2.11. The van der Waals surface area contributed by atoms with E-state index in [9.17, 15) is 0 Å². The van der Waals surface area contributed by atoms with E-state index in [0.29, 0.717) is 0 Å². The average Bonchev–Trinajstić information content (AvgIpc) is 3.53. The van der Waals surface area contributed by atoms with Gasteiger partial charge in [-0.3, -0.25) is 4.98 Å². The van der Waals surface area contributed by atoms with Crippen LogP contribution < -0.4 is 4.90 Å². The summed E-state index contributed by atoms with van der Waals surface area (Å²) in [5.41, 5.74) is 8.12. The monoisotopic (exact) mass is 604 g/mol. The number of fused-ring (bicyclic) bond motifs is 6. The van der Waals surface area contributed by atoms with Crippen molar-refractivity contribution in [3.63, 3.8) is 0 Å². The molecule has 0 bridgehead atoms. The Morgan fingerprint density at radius 2 is 1.09 bits per heavy atom. The van der Waals surface area contributed by atoms with E-state index >= 15 is 0 Å². The molecule has 0 aliphatic carbocycles. The summed E-state index contributed by atoms with van der Waals surface area (Å²) in [6.45, 7) is 0. The number of hydrogen-bond acceptors (Lipinski definition) is 3. The number of pyridine rings is 1. The van der Waals surface area contributed by atoms with Gasteiger partial charge in [0.1, 0.15) is 0 Å². The van der Waals surface area contributed by atoms with Crippen molar-refractivity contribution in [1.82, 2.24) is 4.98 Å². The summed E-state index contributed by atoms with van der Waals surface area (Å²) >= 11 is 1.83. The lowest BCUT2D eigenvalue weighted by molar-refractivity contribution is 1.27. The molecule has 0 unspecified atom stereocenters. The van der Waals surface area contributed by atoms with E-state index in [1.165, 1.54) is 64.0 Å². The van der Waals surface area contributed by atoms with Gasteiger partial charge in [0.05, 0.1) is 22.3 Å². The van der Waals surface area contributed by atoms with Crippen LogP contribution in [-0.4, -0.2) is 4.98 Å². The predicted molar refractivity (Wildman–Crippen MR) is 198 cm³/mol. The molecular weight excluding hydrogens is 577 g/mol. The zero-order valence-corrected chi connectivity index (χ0v) is 25.8. The first kappa shape index (κ1) is 26.6. The summed E-state index contributed by atoms with van der Waals surface area (Å²) in [5, 5.41) is 7.43. The van der Waals surface area contributed by atoms with Gasteiger partial charge in [-0.15, -0.1) is 11.3 Å². The molecule has 9 aromatic rings. The lowest BCUT2D eigenvalue weighted by atomic mass is 9.96. The van der Waals surface area contributed by atoms with Crippen molar-refractivity contribution in [3.8, 4) is 22.3 Å². The fourth-order valence-electron chi connectivity index (χ4n) is 6.80. The largest absolute Gasteiger partial charge is 0.308 e. The van der Waals surface area contributed by atoms with Crippen molar-refractivity contribution >= 4 is 70.1 Å². The van der Waals surface area contributed by atoms with Crippen LogP contribution in [0.4, 0.5) is 17.1 Å². The fourth-order valence-corrected chi connectivity index (χ4v) is 8.02. The molecule has 216 valence electrons. The summed E-state index contributed by atoms with van der Waals surface area (Å²) in [7, 11) is 0. The van der Waals surface area contributed by atoms with E-state index in [4.69, 9.17) is 4.98 Å². The van der Waals surface area contributed by atoms with Crippen LogP contribution in [0.5, 0.6) is 0 Å². The summed E-state index contributed by atoms with van der Waals surface area (Å²) < 4.78 is 2.48. The molecule has 2 heterocycles. The smallest absolute Gasteiger partial charge is 0.0738 e. The molecule has 2 aromatic heterocycles. The number of benzene rings is 7. The van der Waals surface area contributed by atoms with E-state index in [-0.39, 0.29) is 0 Å². The van der Waals surface area contributed by atoms with Gasteiger partial charge in [0, 0.05) is 32.7 Å². The van der Waals surface area contributed by atoms with Gasteiger partial charge >= 0.3 is 0 Å². The Balaban J connectivity index is 1.32. The standard InChI is InChI=1S/C43H28N2S/c1-3-11-29(12-4-1)30-19-22-33(23-20-30)45(39-26-25-34(31-13-5-2-6-14-31)36-17-9-10-18-37(36)39)40-27-44-28-41-42(40)38-24-21-32-15-7-8-16-35(32)43(38)46-41/h1-28H. The van der Waals surface area contributed by atoms with Crippen molar-refractivity contribution in [2.45, 2.75) is 0 Å². The van der Waals surface area contributed by atoms with Crippen molar-refractivity contribution in [1.29, 1.82) is 0 Å². The van der Waals surface area contributed by atoms with E-state index in [1.807, 2.05) is 23.7 Å². The Kier molecular flexibility index (Phi) is 6.36. The van der Waals surface area contributed by atoms with Crippen LogP contribution in [0.25, 0.3) is 64.0 Å². The van der Waals surface area contributed by atoms with Gasteiger partial charge in [0.15, 0.2) is 0 Å². The molecule has 3 heteroatoms. The first-order valence-corrected chi connectivity index (χ1v) is 16.4. The number of aromatic nitrogens is 1. The molecule has 9 rings (SSSR count). The molecule has 0 aliphatic heterocycles. The molecular formula is C43H28N2S. The van der Waals surface area contributed by atoms with Crippen LogP contribution in [0, 0.1) is 0 Å². The lowest BCUT2D eigenvalue weighted by Gasteiger charge is -2.28. The fraction of sp³-hybridized carbons (Fsp3) is 0. The highest BCUT2D eigenvalue weighted by atomic mass is 32.1. The number of hydrogen-bond donors (Lipinski definition) is 0. The first-order chi connectivity index (χ1) is 22.8. The molecule has 0 saturated carbocycles. The Morgan fingerprint density at radius 1 is 0.435 bits per heavy atom. The second-order valence-corrected chi connectivity index (χ2v) is 12.6. The SMILES string of the molecule is c1ccc(-c2ccc(N(c3ccc(-c4ccccc4)c4ccccc34)c3cncc4sc5c6ccccc6ccc5c34)cc2)cc1.